The Morgan fingerprint density at radius 3 is 2.17 bits per heavy atom. The van der Waals surface area contributed by atoms with Crippen molar-refractivity contribution in [2.75, 3.05) is 5.32 Å². The third-order valence-electron chi connectivity index (χ3n) is 7.47. The largest absolute Gasteiger partial charge is 0.324 e. The van der Waals surface area contributed by atoms with E-state index in [1.54, 1.807) is 6.20 Å². The highest BCUT2D eigenvalue weighted by atomic mass is 35.5. The molecule has 1 atom stereocenters. The average molecular weight is 519 g/mol. The van der Waals surface area contributed by atoms with Crippen LogP contribution in [-0.4, -0.2) is 19.0 Å². The molecule has 2 aromatic carbocycles. The summed E-state index contributed by atoms with van der Waals surface area (Å²) in [5, 5.41) is 4.79. The van der Waals surface area contributed by atoms with Gasteiger partial charge in [-0.1, -0.05) is 97.2 Å². The van der Waals surface area contributed by atoms with Crippen molar-refractivity contribution in [3.63, 3.8) is 0 Å². The Kier molecular flexibility index (Phi) is 9.03. The Morgan fingerprint density at radius 1 is 0.917 bits per heavy atom. The van der Waals surface area contributed by atoms with Crippen LogP contribution in [0.2, 0.25) is 21.6 Å². The van der Waals surface area contributed by atoms with Crippen molar-refractivity contribution in [3.05, 3.63) is 70.9 Å². The van der Waals surface area contributed by atoms with Gasteiger partial charge in [-0.05, 0) is 52.4 Å². The van der Waals surface area contributed by atoms with Crippen LogP contribution >= 0.6 is 11.6 Å². The summed E-state index contributed by atoms with van der Waals surface area (Å²) in [4.78, 5) is 18.2. The van der Waals surface area contributed by atoms with Crippen LogP contribution < -0.4 is 5.32 Å². The summed E-state index contributed by atoms with van der Waals surface area (Å²) in [5.41, 5.74) is 8.66. The molecule has 0 saturated heterocycles. The molecule has 3 nitrogen and oxygen atoms in total. The number of carbonyl (C=O) groups is 1. The highest BCUT2D eigenvalue weighted by Gasteiger charge is 2.41. The van der Waals surface area contributed by atoms with E-state index in [-0.39, 0.29) is 17.7 Å². The number of rotatable bonds is 7. The predicted octanol–water partition coefficient (Wildman–Crippen LogP) is 8.84. The van der Waals surface area contributed by atoms with Gasteiger partial charge in [0, 0.05) is 22.2 Å². The van der Waals surface area contributed by atoms with Crippen LogP contribution in [0.5, 0.6) is 0 Å². The highest BCUT2D eigenvalue weighted by Crippen LogP contribution is 2.41. The number of hydrogen-bond acceptors (Lipinski definition) is 2. The minimum atomic E-state index is -1.94. The molecule has 0 aliphatic rings. The normalized spacial score (nSPS) is 12.8. The fraction of sp³-hybridized carbons (Fsp3) is 0.419. The van der Waals surface area contributed by atoms with Crippen LogP contribution in [0.3, 0.4) is 0 Å². The van der Waals surface area contributed by atoms with Crippen molar-refractivity contribution in [3.8, 4) is 11.5 Å². The number of benzene rings is 2. The van der Waals surface area contributed by atoms with Crippen LogP contribution in [0.1, 0.15) is 72.4 Å². The van der Waals surface area contributed by atoms with Gasteiger partial charge >= 0.3 is 0 Å². The third-order valence-corrected chi connectivity index (χ3v) is 14.0. The van der Waals surface area contributed by atoms with Gasteiger partial charge in [0.2, 0.25) is 5.91 Å². The first-order valence-corrected chi connectivity index (χ1v) is 15.6. The molecule has 1 N–H and O–H groups in total. The van der Waals surface area contributed by atoms with Crippen molar-refractivity contribution in [2.45, 2.75) is 77.9 Å². The maximum absolute atomic E-state index is 13.7. The standard InChI is InChI=1S/C31H39ClN2OSi/c1-20(2)29(31(35)34-28-13-9-11-24-12-10-17-33-30(24)28)27-15-14-26(32)19-25(27)16-18-36(21(3)4,22(5)6)23(7)8/h9-15,17,19-23,29H,1-8H3,(H,34,35). The molecule has 36 heavy (non-hydrogen) atoms. The summed E-state index contributed by atoms with van der Waals surface area (Å²) in [5.74, 6) is 3.19. The summed E-state index contributed by atoms with van der Waals surface area (Å²) >= 11 is 6.45. The molecule has 3 aromatic rings. The Morgan fingerprint density at radius 2 is 1.56 bits per heavy atom. The molecule has 1 aromatic heterocycles. The van der Waals surface area contributed by atoms with Crippen LogP contribution in [0.25, 0.3) is 10.9 Å². The zero-order valence-corrected chi connectivity index (χ0v) is 24.6. The second kappa shape index (κ2) is 11.6. The fourth-order valence-electron chi connectivity index (χ4n) is 5.74. The molecule has 5 heteroatoms. The van der Waals surface area contributed by atoms with Crippen molar-refractivity contribution >= 4 is 42.2 Å². The number of pyridine rings is 1. The summed E-state index contributed by atoms with van der Waals surface area (Å²) in [6, 6.07) is 15.5. The number of nitrogens with zero attached hydrogens (tertiary/aromatic N) is 1. The van der Waals surface area contributed by atoms with E-state index in [0.717, 1.165) is 27.7 Å². The molecule has 0 saturated carbocycles. The molecule has 0 radical (unpaired) electrons. The van der Waals surface area contributed by atoms with Gasteiger partial charge in [0.1, 0.15) is 8.07 Å². The van der Waals surface area contributed by atoms with E-state index in [4.69, 9.17) is 11.6 Å². The molecular formula is C31H39ClN2OSi. The molecule has 0 fully saturated rings. The number of para-hydroxylation sites is 1. The molecular weight excluding hydrogens is 480 g/mol. The van der Waals surface area contributed by atoms with E-state index >= 15 is 0 Å². The first kappa shape index (κ1) is 28.0. The summed E-state index contributed by atoms with van der Waals surface area (Å²) < 4.78 is 0. The van der Waals surface area contributed by atoms with Crippen molar-refractivity contribution in [2.24, 2.45) is 5.92 Å². The number of amides is 1. The van der Waals surface area contributed by atoms with E-state index in [2.05, 4.69) is 77.2 Å². The van der Waals surface area contributed by atoms with Gasteiger partial charge in [-0.15, -0.1) is 5.54 Å². The van der Waals surface area contributed by atoms with Gasteiger partial charge < -0.3 is 5.32 Å². The monoisotopic (exact) mass is 518 g/mol. The third kappa shape index (κ3) is 5.69. The molecule has 1 heterocycles. The SMILES string of the molecule is CC(C)C(C(=O)Nc1cccc2cccnc12)c1ccc(Cl)cc1C#C[Si](C(C)C)(C(C)C)C(C)C. The number of hydrogen-bond donors (Lipinski definition) is 1. The number of halogens is 1. The van der Waals surface area contributed by atoms with Crippen LogP contribution in [0.15, 0.2) is 54.7 Å². The predicted molar refractivity (Wildman–Crippen MR) is 157 cm³/mol. The summed E-state index contributed by atoms with van der Waals surface area (Å²) in [7, 11) is -1.94. The fourth-order valence-corrected chi connectivity index (χ4v) is 11.1. The van der Waals surface area contributed by atoms with Gasteiger partial charge in [0.05, 0.1) is 17.1 Å². The molecule has 1 amide bonds. The van der Waals surface area contributed by atoms with Gasteiger partial charge in [-0.25, -0.2) is 0 Å². The first-order chi connectivity index (χ1) is 17.0. The molecule has 190 valence electrons. The van der Waals surface area contributed by atoms with Crippen molar-refractivity contribution in [1.82, 2.24) is 4.98 Å². The molecule has 0 bridgehead atoms. The summed E-state index contributed by atoms with van der Waals surface area (Å²) in [6.45, 7) is 18.0. The average Bonchev–Trinajstić information content (AvgIpc) is 2.80. The number of nitrogens with one attached hydrogen (secondary N) is 1. The maximum atomic E-state index is 13.7. The lowest BCUT2D eigenvalue weighted by molar-refractivity contribution is -0.118. The van der Waals surface area contributed by atoms with E-state index < -0.39 is 8.07 Å². The minimum absolute atomic E-state index is 0.0615. The quantitative estimate of drug-likeness (QED) is 0.250. The second-order valence-corrected chi connectivity index (χ2v) is 17.0. The molecule has 1 unspecified atom stereocenters. The Labute approximate surface area is 223 Å². The van der Waals surface area contributed by atoms with Gasteiger partial charge in [0.15, 0.2) is 0 Å². The Balaban J connectivity index is 2.08. The van der Waals surface area contributed by atoms with E-state index in [9.17, 15) is 4.79 Å². The smallest absolute Gasteiger partial charge is 0.232 e. The molecule has 0 aliphatic heterocycles. The Bertz CT molecular complexity index is 1260. The lowest BCUT2D eigenvalue weighted by atomic mass is 9.85. The van der Waals surface area contributed by atoms with Crippen LogP contribution in [0, 0.1) is 17.4 Å². The second-order valence-electron chi connectivity index (χ2n) is 11.0. The van der Waals surface area contributed by atoms with Gasteiger partial charge in [-0.2, -0.15) is 0 Å². The van der Waals surface area contributed by atoms with Crippen LogP contribution in [-0.2, 0) is 4.79 Å². The van der Waals surface area contributed by atoms with Gasteiger partial charge in [0.25, 0.3) is 0 Å². The van der Waals surface area contributed by atoms with Crippen LogP contribution in [0.4, 0.5) is 5.69 Å². The van der Waals surface area contributed by atoms with Crippen molar-refractivity contribution in [1.29, 1.82) is 0 Å². The summed E-state index contributed by atoms with van der Waals surface area (Å²) in [6.07, 6.45) is 1.75. The van der Waals surface area contributed by atoms with E-state index in [1.165, 1.54) is 0 Å². The van der Waals surface area contributed by atoms with Crippen molar-refractivity contribution < 1.29 is 4.79 Å². The highest BCUT2D eigenvalue weighted by molar-refractivity contribution is 6.90. The Hall–Kier alpha value is -2.61. The number of fused-ring (bicyclic) bond motifs is 1. The molecule has 0 spiro atoms. The number of anilines is 1. The maximum Gasteiger partial charge on any atom is 0.232 e. The number of carbonyl (C=O) groups excluding carboxylic acids is 1. The zero-order chi connectivity index (χ0) is 26.6. The lowest BCUT2D eigenvalue weighted by Crippen LogP contribution is -2.43. The topological polar surface area (TPSA) is 42.0 Å². The molecule has 0 aliphatic carbocycles. The zero-order valence-electron chi connectivity index (χ0n) is 22.8. The minimum Gasteiger partial charge on any atom is -0.324 e. The first-order valence-electron chi connectivity index (χ1n) is 13.0. The van der Waals surface area contributed by atoms with E-state index in [0.29, 0.717) is 21.6 Å². The van der Waals surface area contributed by atoms with E-state index in [1.807, 2.05) is 48.5 Å². The lowest BCUT2D eigenvalue weighted by Gasteiger charge is -2.38. The molecule has 3 rings (SSSR count). The van der Waals surface area contributed by atoms with Gasteiger partial charge in [-0.3, -0.25) is 9.78 Å². The number of aromatic nitrogens is 1.